The van der Waals surface area contributed by atoms with Gasteiger partial charge in [0.15, 0.2) is 0 Å². The molecule has 2 N–H and O–H groups in total. The van der Waals surface area contributed by atoms with Gasteiger partial charge in [0, 0.05) is 38.5 Å². The van der Waals surface area contributed by atoms with Gasteiger partial charge in [-0.3, -0.25) is 14.4 Å². The Morgan fingerprint density at radius 3 is 2.18 bits per heavy atom. The van der Waals surface area contributed by atoms with Crippen molar-refractivity contribution in [3.05, 3.63) is 0 Å². The first kappa shape index (κ1) is 28.8. The topological polar surface area (TPSA) is 84.5 Å². The largest absolute Gasteiger partial charge is 0.384 e. The van der Waals surface area contributed by atoms with Crippen LogP contribution in [0.1, 0.15) is 86.0 Å². The van der Waals surface area contributed by atoms with Crippen molar-refractivity contribution >= 4 is 18.1 Å². The molecule has 6 nitrogen and oxygen atoms in total. The van der Waals surface area contributed by atoms with E-state index in [2.05, 4.69) is 17.6 Å². The first-order chi connectivity index (χ1) is 13.4. The van der Waals surface area contributed by atoms with Gasteiger partial charge in [-0.05, 0) is 38.0 Å². The van der Waals surface area contributed by atoms with E-state index in [0.29, 0.717) is 30.8 Å². The van der Waals surface area contributed by atoms with Gasteiger partial charge in [0.25, 0.3) is 0 Å². The quantitative estimate of drug-likeness (QED) is 0.516. The van der Waals surface area contributed by atoms with Crippen LogP contribution in [-0.2, 0) is 19.1 Å². The van der Waals surface area contributed by atoms with Crippen LogP contribution in [0.25, 0.3) is 0 Å². The molecule has 1 rings (SSSR count). The van der Waals surface area contributed by atoms with E-state index in [1.54, 1.807) is 7.11 Å². The van der Waals surface area contributed by atoms with Crippen molar-refractivity contribution in [1.29, 1.82) is 0 Å². The highest BCUT2D eigenvalue weighted by Gasteiger charge is 2.20. The fourth-order valence-corrected chi connectivity index (χ4v) is 2.81. The van der Waals surface area contributed by atoms with Crippen LogP contribution in [0.5, 0.6) is 0 Å². The SMILES string of the molecule is CC.CCCCC(=O)C(C)C.COCCC(=O)NCC1CCC(NC=O)CC1. The summed E-state index contributed by atoms with van der Waals surface area (Å²) in [4.78, 5) is 32.6. The smallest absolute Gasteiger partial charge is 0.222 e. The Bertz CT molecular complexity index is 392. The van der Waals surface area contributed by atoms with Crippen LogP contribution >= 0.6 is 0 Å². The molecule has 0 aromatic heterocycles. The maximum atomic E-state index is 11.4. The zero-order chi connectivity index (χ0) is 21.8. The second-order valence-electron chi connectivity index (χ2n) is 7.27. The van der Waals surface area contributed by atoms with Gasteiger partial charge < -0.3 is 15.4 Å². The monoisotopic (exact) mass is 400 g/mol. The molecule has 1 saturated carbocycles. The number of methoxy groups -OCH3 is 1. The maximum Gasteiger partial charge on any atom is 0.222 e. The Kier molecular flexibility index (Phi) is 20.9. The van der Waals surface area contributed by atoms with Gasteiger partial charge in [-0.25, -0.2) is 0 Å². The van der Waals surface area contributed by atoms with Gasteiger partial charge in [0.2, 0.25) is 12.3 Å². The maximum absolute atomic E-state index is 11.4. The summed E-state index contributed by atoms with van der Waals surface area (Å²) in [5, 5.41) is 5.74. The molecule has 1 aliphatic rings. The van der Waals surface area contributed by atoms with E-state index in [-0.39, 0.29) is 11.8 Å². The minimum atomic E-state index is 0.0555. The molecule has 0 saturated heterocycles. The molecule has 0 aromatic rings. The Balaban J connectivity index is 0. The number of carbonyl (C=O) groups excluding carboxylic acids is 3. The van der Waals surface area contributed by atoms with Crippen LogP contribution in [0.15, 0.2) is 0 Å². The number of rotatable bonds is 11. The number of carbonyl (C=O) groups is 3. The normalized spacial score (nSPS) is 18.1. The van der Waals surface area contributed by atoms with Crippen LogP contribution < -0.4 is 10.6 Å². The van der Waals surface area contributed by atoms with Crippen LogP contribution in [0.2, 0.25) is 0 Å². The molecule has 0 aliphatic heterocycles. The molecule has 0 spiro atoms. The fourth-order valence-electron chi connectivity index (χ4n) is 2.81. The van der Waals surface area contributed by atoms with E-state index in [9.17, 15) is 14.4 Å². The second-order valence-corrected chi connectivity index (χ2v) is 7.27. The summed E-state index contributed by atoms with van der Waals surface area (Å²) in [7, 11) is 1.59. The van der Waals surface area contributed by atoms with E-state index in [4.69, 9.17) is 4.74 Å². The number of Topliss-reactive ketones (excluding diaryl/α,β-unsaturated/α-hetero) is 1. The standard InChI is InChI=1S/C12H22N2O3.C8H16O.C2H6/c1-17-7-6-12(16)13-8-10-2-4-11(5-3-10)14-9-15;1-4-5-6-8(9)7(2)3;1-2/h9-11H,2-8H2,1H3,(H,13,16)(H,14,15);7H,4-6H2,1-3H3;1-2H3. The molecule has 2 amide bonds. The highest BCUT2D eigenvalue weighted by atomic mass is 16.5. The zero-order valence-electron chi connectivity index (χ0n) is 19.0. The highest BCUT2D eigenvalue weighted by molar-refractivity contribution is 5.80. The molecule has 0 heterocycles. The van der Waals surface area contributed by atoms with Crippen molar-refractivity contribution in [2.24, 2.45) is 11.8 Å². The molecule has 0 atom stereocenters. The third kappa shape index (κ3) is 16.7. The Labute approximate surface area is 172 Å². The lowest BCUT2D eigenvalue weighted by Gasteiger charge is -2.28. The average molecular weight is 401 g/mol. The lowest BCUT2D eigenvalue weighted by Crippen LogP contribution is -2.36. The molecule has 0 bridgehead atoms. The Morgan fingerprint density at radius 2 is 1.71 bits per heavy atom. The van der Waals surface area contributed by atoms with Gasteiger partial charge in [-0.2, -0.15) is 0 Å². The molecule has 1 fully saturated rings. The van der Waals surface area contributed by atoms with Gasteiger partial charge in [0.05, 0.1) is 6.61 Å². The summed E-state index contributed by atoms with van der Waals surface area (Å²) in [6.45, 7) is 11.2. The number of hydrogen-bond donors (Lipinski definition) is 2. The number of amides is 2. The molecule has 0 aromatic carbocycles. The van der Waals surface area contributed by atoms with E-state index >= 15 is 0 Å². The van der Waals surface area contributed by atoms with Gasteiger partial charge >= 0.3 is 0 Å². The van der Waals surface area contributed by atoms with Gasteiger partial charge in [0.1, 0.15) is 5.78 Å². The molecular weight excluding hydrogens is 356 g/mol. The number of unbranched alkanes of at least 4 members (excludes halogenated alkanes) is 1. The van der Waals surface area contributed by atoms with E-state index < -0.39 is 0 Å². The fraction of sp³-hybridized carbons (Fsp3) is 0.864. The molecule has 6 heteroatoms. The minimum absolute atomic E-state index is 0.0555. The van der Waals surface area contributed by atoms with Crippen molar-refractivity contribution in [3.8, 4) is 0 Å². The second kappa shape index (κ2) is 20.3. The summed E-state index contributed by atoms with van der Waals surface area (Å²) < 4.78 is 4.84. The summed E-state index contributed by atoms with van der Waals surface area (Å²) in [5.41, 5.74) is 0. The highest BCUT2D eigenvalue weighted by Crippen LogP contribution is 2.23. The lowest BCUT2D eigenvalue weighted by atomic mass is 9.86. The van der Waals surface area contributed by atoms with Crippen LogP contribution in [-0.4, -0.2) is 44.4 Å². The van der Waals surface area contributed by atoms with E-state index in [0.717, 1.165) is 57.9 Å². The number of nitrogens with one attached hydrogen (secondary N) is 2. The van der Waals surface area contributed by atoms with Gasteiger partial charge in [-0.1, -0.05) is 41.0 Å². The van der Waals surface area contributed by atoms with E-state index in [1.807, 2.05) is 27.7 Å². The molecule has 166 valence electrons. The number of ether oxygens (including phenoxy) is 1. The molecule has 0 unspecified atom stereocenters. The summed E-state index contributed by atoms with van der Waals surface area (Å²) in [5.74, 6) is 1.24. The van der Waals surface area contributed by atoms with Crippen molar-refractivity contribution < 1.29 is 19.1 Å². The summed E-state index contributed by atoms with van der Waals surface area (Å²) in [6, 6.07) is 0.327. The van der Waals surface area contributed by atoms with Crippen LogP contribution in [0.4, 0.5) is 0 Å². The van der Waals surface area contributed by atoms with Crippen molar-refractivity contribution in [2.45, 2.75) is 92.0 Å². The lowest BCUT2D eigenvalue weighted by molar-refractivity contribution is -0.122. The first-order valence-corrected chi connectivity index (χ1v) is 10.9. The molecular formula is C22H44N2O4. The Morgan fingerprint density at radius 1 is 1.11 bits per heavy atom. The zero-order valence-corrected chi connectivity index (χ0v) is 19.0. The minimum Gasteiger partial charge on any atom is -0.384 e. The van der Waals surface area contributed by atoms with Crippen molar-refractivity contribution in [3.63, 3.8) is 0 Å². The van der Waals surface area contributed by atoms with Crippen molar-refractivity contribution in [1.82, 2.24) is 10.6 Å². The predicted octanol–water partition coefficient (Wildman–Crippen LogP) is 3.87. The van der Waals surface area contributed by atoms with Crippen LogP contribution in [0.3, 0.4) is 0 Å². The average Bonchev–Trinajstić information content (AvgIpc) is 2.72. The number of ketones is 1. The predicted molar refractivity (Wildman–Crippen MR) is 115 cm³/mol. The van der Waals surface area contributed by atoms with E-state index in [1.165, 1.54) is 0 Å². The molecule has 0 radical (unpaired) electrons. The molecule has 28 heavy (non-hydrogen) atoms. The first-order valence-electron chi connectivity index (χ1n) is 10.9. The summed E-state index contributed by atoms with van der Waals surface area (Å²) >= 11 is 0. The Hall–Kier alpha value is -1.43. The van der Waals surface area contributed by atoms with Crippen LogP contribution in [0, 0.1) is 11.8 Å². The summed E-state index contributed by atoms with van der Waals surface area (Å²) in [6.07, 6.45) is 8.31. The molecule has 1 aliphatic carbocycles. The third-order valence-electron chi connectivity index (χ3n) is 4.69. The van der Waals surface area contributed by atoms with Gasteiger partial charge in [-0.15, -0.1) is 0 Å². The van der Waals surface area contributed by atoms with Crippen molar-refractivity contribution in [2.75, 3.05) is 20.3 Å². The number of hydrogen-bond acceptors (Lipinski definition) is 4. The third-order valence-corrected chi connectivity index (χ3v) is 4.69.